The Morgan fingerprint density at radius 3 is 3.04 bits per heavy atom. The Morgan fingerprint density at radius 2 is 2.33 bits per heavy atom. The first-order valence-electron chi connectivity index (χ1n) is 9.11. The Labute approximate surface area is 167 Å². The first kappa shape index (κ1) is 19.9. The van der Waals surface area contributed by atoms with Crippen molar-refractivity contribution in [3.8, 4) is 16.8 Å². The number of hydrogen-bond donors (Lipinski definition) is 1. The molecule has 0 aromatic carbocycles. The van der Waals surface area contributed by atoms with Crippen LogP contribution in [0.2, 0.25) is 0 Å². The number of carbonyl (C=O) groups is 1. The van der Waals surface area contributed by atoms with Gasteiger partial charge in [0.15, 0.2) is 0 Å². The molecule has 2 heterocycles. The van der Waals surface area contributed by atoms with E-state index in [1.54, 1.807) is 18.3 Å². The number of nitrogens with zero attached hydrogens (tertiary/aromatic N) is 3. The van der Waals surface area contributed by atoms with E-state index >= 15 is 0 Å². The van der Waals surface area contributed by atoms with Gasteiger partial charge in [-0.2, -0.15) is 5.26 Å². The topological polar surface area (TPSA) is 91.8 Å². The van der Waals surface area contributed by atoms with E-state index in [1.165, 1.54) is 28.6 Å². The predicted octanol–water partition coefficient (Wildman–Crippen LogP) is 4.07. The molecule has 0 radical (unpaired) electrons. The van der Waals surface area contributed by atoms with Crippen LogP contribution in [0.4, 0.5) is 0 Å². The molecule has 144 valence electrons. The lowest BCUT2D eigenvalue weighted by molar-refractivity contribution is -0.120. The van der Waals surface area contributed by atoms with Crippen molar-refractivity contribution in [3.63, 3.8) is 0 Å². The molecule has 0 spiro atoms. The van der Waals surface area contributed by atoms with Crippen LogP contribution in [-0.2, 0) is 17.6 Å². The van der Waals surface area contributed by atoms with E-state index in [9.17, 15) is 10.1 Å². The number of nitriles is 1. The van der Waals surface area contributed by atoms with E-state index in [-0.39, 0.29) is 17.6 Å². The minimum atomic E-state index is -0.884. The van der Waals surface area contributed by atoms with Gasteiger partial charge in [0.25, 0.3) is 11.1 Å². The molecule has 0 aliphatic heterocycles. The van der Waals surface area contributed by atoms with Gasteiger partial charge in [0.2, 0.25) is 5.91 Å². The summed E-state index contributed by atoms with van der Waals surface area (Å²) in [6.45, 7) is 7.82. The Bertz CT molecular complexity index is 867. The molecule has 27 heavy (non-hydrogen) atoms. The summed E-state index contributed by atoms with van der Waals surface area (Å²) in [5, 5.41) is 20.6. The number of carbonyl (C=O) groups excluding carboxylic acids is 1. The third-order valence-corrected chi connectivity index (χ3v) is 7.10. The number of thioether (sulfide) groups is 1. The molecule has 2 aromatic rings. The van der Waals surface area contributed by atoms with Gasteiger partial charge in [-0.05, 0) is 49.7 Å². The van der Waals surface area contributed by atoms with Crippen molar-refractivity contribution >= 4 is 29.0 Å². The van der Waals surface area contributed by atoms with Crippen LogP contribution in [0.25, 0.3) is 10.8 Å². The molecule has 1 aliphatic rings. The lowest BCUT2D eigenvalue weighted by Crippen LogP contribution is -2.49. The molecule has 0 unspecified atom stereocenters. The summed E-state index contributed by atoms with van der Waals surface area (Å²) in [5.41, 5.74) is 0.509. The van der Waals surface area contributed by atoms with Crippen LogP contribution in [0.3, 0.4) is 0 Å². The first-order chi connectivity index (χ1) is 12.8. The number of hydrogen-bond acceptors (Lipinski definition) is 7. The second kappa shape index (κ2) is 8.03. The molecular formula is C19H24N4O2S2. The summed E-state index contributed by atoms with van der Waals surface area (Å²) in [6.07, 6.45) is 3.45. The van der Waals surface area contributed by atoms with E-state index in [0.717, 1.165) is 23.6 Å². The fraction of sp³-hybridized carbons (Fsp3) is 0.579. The molecule has 2 atom stereocenters. The third kappa shape index (κ3) is 4.53. The van der Waals surface area contributed by atoms with Gasteiger partial charge in [-0.3, -0.25) is 4.79 Å². The molecule has 6 nitrogen and oxygen atoms in total. The van der Waals surface area contributed by atoms with Gasteiger partial charge in [-0.1, -0.05) is 32.5 Å². The minimum Gasteiger partial charge on any atom is -0.410 e. The van der Waals surface area contributed by atoms with Gasteiger partial charge in [0.05, 0.1) is 16.7 Å². The lowest BCUT2D eigenvalue weighted by atomic mass is 9.90. The van der Waals surface area contributed by atoms with Crippen LogP contribution in [0, 0.1) is 23.2 Å². The molecule has 0 fully saturated rings. The van der Waals surface area contributed by atoms with Gasteiger partial charge < -0.3 is 9.73 Å². The van der Waals surface area contributed by atoms with Crippen molar-refractivity contribution in [2.45, 2.75) is 57.7 Å². The third-order valence-electron chi connectivity index (χ3n) is 5.06. The Kier molecular flexibility index (Phi) is 5.92. The second-order valence-corrected chi connectivity index (χ2v) is 9.65. The van der Waals surface area contributed by atoms with Crippen molar-refractivity contribution < 1.29 is 9.21 Å². The van der Waals surface area contributed by atoms with Crippen LogP contribution >= 0.6 is 23.1 Å². The molecule has 1 amide bonds. The second-order valence-electron chi connectivity index (χ2n) is 7.59. The van der Waals surface area contributed by atoms with Crippen LogP contribution in [0.1, 0.15) is 44.6 Å². The van der Waals surface area contributed by atoms with E-state index in [2.05, 4.69) is 34.6 Å². The molecule has 1 aliphatic carbocycles. The van der Waals surface area contributed by atoms with Crippen molar-refractivity contribution in [2.24, 2.45) is 11.8 Å². The Morgan fingerprint density at radius 1 is 1.56 bits per heavy atom. The number of amides is 1. The number of thiophene rings is 1. The molecular weight excluding hydrogens is 380 g/mol. The smallest absolute Gasteiger partial charge is 0.277 e. The highest BCUT2D eigenvalue weighted by Gasteiger charge is 2.30. The van der Waals surface area contributed by atoms with E-state index in [0.29, 0.717) is 11.1 Å². The summed E-state index contributed by atoms with van der Waals surface area (Å²) < 4.78 is 5.73. The van der Waals surface area contributed by atoms with Crippen molar-refractivity contribution in [3.05, 3.63) is 16.5 Å². The molecule has 2 aromatic heterocycles. The largest absolute Gasteiger partial charge is 0.410 e. The van der Waals surface area contributed by atoms with E-state index < -0.39 is 5.54 Å². The highest BCUT2D eigenvalue weighted by atomic mass is 32.2. The standard InChI is InChI=1S/C19H24N4O2S2/c1-11(2)19(4,10-20)21-16(24)9-26-18-23-22-17(25-18)15-8-13-7-12(3)5-6-14(13)27-15/h8,11-12H,5-7,9H2,1-4H3,(H,21,24)/t12-,19+/m0/s1. The van der Waals surface area contributed by atoms with Gasteiger partial charge in [-0.25, -0.2) is 0 Å². The minimum absolute atomic E-state index is 0.0130. The number of rotatable bonds is 6. The Hall–Kier alpha value is -1.85. The predicted molar refractivity (Wildman–Crippen MR) is 107 cm³/mol. The zero-order chi connectivity index (χ0) is 19.6. The summed E-state index contributed by atoms with van der Waals surface area (Å²) in [5.74, 6) is 1.15. The summed E-state index contributed by atoms with van der Waals surface area (Å²) in [6, 6.07) is 4.33. The monoisotopic (exact) mass is 404 g/mol. The molecule has 0 bridgehead atoms. The quantitative estimate of drug-likeness (QED) is 0.730. The fourth-order valence-corrected chi connectivity index (χ4v) is 4.63. The highest BCUT2D eigenvalue weighted by Crippen LogP contribution is 2.37. The zero-order valence-electron chi connectivity index (χ0n) is 16.0. The van der Waals surface area contributed by atoms with Crippen molar-refractivity contribution in [1.29, 1.82) is 5.26 Å². The van der Waals surface area contributed by atoms with Gasteiger partial charge in [-0.15, -0.1) is 21.5 Å². The average Bonchev–Trinajstić information content (AvgIpc) is 3.25. The molecule has 0 saturated carbocycles. The maximum Gasteiger partial charge on any atom is 0.277 e. The fourth-order valence-electron chi connectivity index (χ4n) is 2.93. The maximum absolute atomic E-state index is 12.2. The summed E-state index contributed by atoms with van der Waals surface area (Å²) in [7, 11) is 0. The van der Waals surface area contributed by atoms with Gasteiger partial charge in [0, 0.05) is 4.88 Å². The number of aryl methyl sites for hydroxylation is 1. The molecule has 3 rings (SSSR count). The van der Waals surface area contributed by atoms with E-state index in [1.807, 2.05) is 13.8 Å². The lowest BCUT2D eigenvalue weighted by Gasteiger charge is -2.27. The molecule has 1 N–H and O–H groups in total. The number of fused-ring (bicyclic) bond motifs is 1. The molecule has 0 saturated heterocycles. The first-order valence-corrected chi connectivity index (χ1v) is 10.9. The van der Waals surface area contributed by atoms with Crippen LogP contribution in [0.15, 0.2) is 15.7 Å². The summed E-state index contributed by atoms with van der Waals surface area (Å²) in [4.78, 5) is 14.6. The van der Waals surface area contributed by atoms with E-state index in [4.69, 9.17) is 4.42 Å². The normalized spacial score (nSPS) is 18.6. The summed E-state index contributed by atoms with van der Waals surface area (Å²) >= 11 is 2.91. The molecule has 8 heteroatoms. The van der Waals surface area contributed by atoms with Crippen LogP contribution < -0.4 is 5.32 Å². The van der Waals surface area contributed by atoms with Crippen molar-refractivity contribution in [2.75, 3.05) is 5.75 Å². The zero-order valence-corrected chi connectivity index (χ0v) is 17.7. The number of nitrogens with one attached hydrogen (secondary N) is 1. The van der Waals surface area contributed by atoms with Crippen LogP contribution in [0.5, 0.6) is 0 Å². The highest BCUT2D eigenvalue weighted by molar-refractivity contribution is 7.99. The maximum atomic E-state index is 12.2. The number of aromatic nitrogens is 2. The Balaban J connectivity index is 1.60. The average molecular weight is 405 g/mol. The van der Waals surface area contributed by atoms with Gasteiger partial charge in [0.1, 0.15) is 5.54 Å². The van der Waals surface area contributed by atoms with Crippen LogP contribution in [-0.4, -0.2) is 27.4 Å². The van der Waals surface area contributed by atoms with Crippen molar-refractivity contribution in [1.82, 2.24) is 15.5 Å². The van der Waals surface area contributed by atoms with Gasteiger partial charge >= 0.3 is 0 Å². The SMILES string of the molecule is CC(C)[C@@](C)(C#N)NC(=O)CSc1nnc(-c2cc3c(s2)CC[C@H](C)C3)o1.